The fourth-order valence-corrected chi connectivity index (χ4v) is 3.16. The number of rotatable bonds is 4. The van der Waals surface area contributed by atoms with Crippen LogP contribution in [0.15, 0.2) is 30.3 Å². The lowest BCUT2D eigenvalue weighted by molar-refractivity contribution is 0.155. The highest BCUT2D eigenvalue weighted by atomic mass is 15.1. The number of hydrogen-bond donors (Lipinski definition) is 0. The van der Waals surface area contributed by atoms with E-state index >= 15 is 0 Å². The molecule has 0 bridgehead atoms. The van der Waals surface area contributed by atoms with Crippen molar-refractivity contribution in [3.63, 3.8) is 0 Å². The summed E-state index contributed by atoms with van der Waals surface area (Å²) in [4.78, 5) is 4.70. The van der Waals surface area contributed by atoms with Gasteiger partial charge in [-0.3, -0.25) is 4.90 Å². The van der Waals surface area contributed by atoms with E-state index in [9.17, 15) is 0 Å². The van der Waals surface area contributed by atoms with Gasteiger partial charge in [-0.15, -0.1) is 0 Å². The van der Waals surface area contributed by atoms with E-state index in [1.54, 1.807) is 0 Å². The highest BCUT2D eigenvalue weighted by Crippen LogP contribution is 2.20. The Kier molecular flexibility index (Phi) is 5.24. The van der Waals surface area contributed by atoms with Crippen molar-refractivity contribution in [3.8, 4) is 0 Å². The van der Waals surface area contributed by atoms with Gasteiger partial charge in [0, 0.05) is 39.4 Å². The van der Waals surface area contributed by atoms with Crippen molar-refractivity contribution < 1.29 is 0 Å². The van der Waals surface area contributed by atoms with Crippen LogP contribution in [0.4, 0.5) is 5.69 Å². The zero-order chi connectivity index (χ0) is 14.5. The molecule has 2 rings (SSSR count). The minimum Gasteiger partial charge on any atom is -0.378 e. The first-order valence-corrected chi connectivity index (χ1v) is 7.71. The second kappa shape index (κ2) is 6.94. The van der Waals surface area contributed by atoms with E-state index in [1.165, 1.54) is 30.8 Å². The second-order valence-electron chi connectivity index (χ2n) is 6.55. The molecular weight excluding hydrogens is 244 g/mol. The van der Waals surface area contributed by atoms with Crippen LogP contribution in [-0.4, -0.2) is 38.6 Å². The molecule has 0 saturated carbocycles. The predicted molar refractivity (Wildman–Crippen MR) is 89.2 cm³/mol. The summed E-state index contributed by atoms with van der Waals surface area (Å²) in [6.07, 6.45) is 5.92. The maximum atomic E-state index is 2.57. The molecule has 1 aromatic carbocycles. The molecule has 0 amide bonds. The first kappa shape index (κ1) is 15.1. The van der Waals surface area contributed by atoms with E-state index in [2.05, 4.69) is 74.2 Å². The zero-order valence-electron chi connectivity index (χ0n) is 13.3. The molecule has 0 aliphatic carbocycles. The van der Waals surface area contributed by atoms with Gasteiger partial charge in [-0.2, -0.15) is 0 Å². The van der Waals surface area contributed by atoms with Gasteiger partial charge < -0.3 is 4.90 Å². The molecule has 1 saturated heterocycles. The first-order valence-electron chi connectivity index (χ1n) is 7.71. The van der Waals surface area contributed by atoms with Crippen molar-refractivity contribution in [3.05, 3.63) is 35.9 Å². The summed E-state index contributed by atoms with van der Waals surface area (Å²) in [5, 5.41) is 0. The molecule has 2 heteroatoms. The van der Waals surface area contributed by atoms with Crippen molar-refractivity contribution in [1.29, 1.82) is 0 Å². The largest absolute Gasteiger partial charge is 0.378 e. The summed E-state index contributed by atoms with van der Waals surface area (Å²) < 4.78 is 0. The standard InChI is InChI=1S/C18H28N2/c1-15-12-16(2)14-20(13-15)11-5-6-17-7-9-18(10-8-17)19(3)4/h5-10,15-16H,11-14H2,1-4H3/b6-5+. The highest BCUT2D eigenvalue weighted by Gasteiger charge is 2.20. The molecule has 0 N–H and O–H groups in total. The van der Waals surface area contributed by atoms with Gasteiger partial charge in [-0.25, -0.2) is 0 Å². The number of benzene rings is 1. The SMILES string of the molecule is CC1CC(C)CN(C/C=C/c2ccc(N(C)C)cc2)C1. The van der Waals surface area contributed by atoms with Gasteiger partial charge in [-0.05, 0) is 36.0 Å². The zero-order valence-corrected chi connectivity index (χ0v) is 13.3. The third-order valence-electron chi connectivity index (χ3n) is 4.03. The minimum absolute atomic E-state index is 0.839. The topological polar surface area (TPSA) is 6.48 Å². The average molecular weight is 272 g/mol. The number of likely N-dealkylation sites (tertiary alicyclic amines) is 1. The molecule has 0 radical (unpaired) electrons. The lowest BCUT2D eigenvalue weighted by Crippen LogP contribution is -2.38. The Hall–Kier alpha value is -1.28. The Bertz CT molecular complexity index is 423. The molecule has 0 spiro atoms. The summed E-state index contributed by atoms with van der Waals surface area (Å²) in [5.74, 6) is 1.68. The lowest BCUT2D eigenvalue weighted by atomic mass is 9.92. The van der Waals surface area contributed by atoms with Crippen LogP contribution in [0.1, 0.15) is 25.8 Å². The molecule has 1 aliphatic heterocycles. The molecule has 1 fully saturated rings. The normalized spacial score (nSPS) is 24.2. The van der Waals surface area contributed by atoms with Gasteiger partial charge in [0.15, 0.2) is 0 Å². The van der Waals surface area contributed by atoms with Crippen LogP contribution in [0.3, 0.4) is 0 Å². The maximum absolute atomic E-state index is 2.57. The fraction of sp³-hybridized carbons (Fsp3) is 0.556. The Morgan fingerprint density at radius 3 is 2.25 bits per heavy atom. The fourth-order valence-electron chi connectivity index (χ4n) is 3.16. The van der Waals surface area contributed by atoms with Crippen LogP contribution in [0.5, 0.6) is 0 Å². The second-order valence-corrected chi connectivity index (χ2v) is 6.55. The van der Waals surface area contributed by atoms with Crippen molar-refractivity contribution in [2.24, 2.45) is 11.8 Å². The van der Waals surface area contributed by atoms with E-state index < -0.39 is 0 Å². The van der Waals surface area contributed by atoms with Crippen LogP contribution in [0, 0.1) is 11.8 Å². The molecule has 2 nitrogen and oxygen atoms in total. The lowest BCUT2D eigenvalue weighted by Gasteiger charge is -2.34. The van der Waals surface area contributed by atoms with Gasteiger partial charge >= 0.3 is 0 Å². The smallest absolute Gasteiger partial charge is 0.0361 e. The maximum Gasteiger partial charge on any atom is 0.0361 e. The molecule has 1 heterocycles. The molecular formula is C18H28N2. The molecule has 0 aromatic heterocycles. The number of anilines is 1. The van der Waals surface area contributed by atoms with Crippen LogP contribution < -0.4 is 4.90 Å². The molecule has 110 valence electrons. The van der Waals surface area contributed by atoms with E-state index in [0.29, 0.717) is 0 Å². The predicted octanol–water partition coefficient (Wildman–Crippen LogP) is 3.74. The molecule has 1 aromatic rings. The van der Waals surface area contributed by atoms with Crippen molar-refractivity contribution >= 4 is 11.8 Å². The molecule has 2 unspecified atom stereocenters. The molecule has 20 heavy (non-hydrogen) atoms. The van der Waals surface area contributed by atoms with Crippen molar-refractivity contribution in [2.45, 2.75) is 20.3 Å². The Morgan fingerprint density at radius 2 is 1.70 bits per heavy atom. The van der Waals surface area contributed by atoms with Crippen molar-refractivity contribution in [1.82, 2.24) is 4.90 Å². The minimum atomic E-state index is 0.839. The van der Waals surface area contributed by atoms with Gasteiger partial charge in [0.2, 0.25) is 0 Å². The van der Waals surface area contributed by atoms with Gasteiger partial charge in [0.25, 0.3) is 0 Å². The Balaban J connectivity index is 1.86. The third kappa shape index (κ3) is 4.38. The summed E-state index contributed by atoms with van der Waals surface area (Å²) in [6.45, 7) is 8.30. The summed E-state index contributed by atoms with van der Waals surface area (Å²) in [7, 11) is 4.15. The van der Waals surface area contributed by atoms with E-state index in [1.807, 2.05) is 0 Å². The van der Waals surface area contributed by atoms with E-state index in [4.69, 9.17) is 0 Å². The molecule has 2 atom stereocenters. The summed E-state index contributed by atoms with van der Waals surface area (Å²) in [6, 6.07) is 8.72. The Morgan fingerprint density at radius 1 is 1.10 bits per heavy atom. The van der Waals surface area contributed by atoms with Crippen LogP contribution in [-0.2, 0) is 0 Å². The quantitative estimate of drug-likeness (QED) is 0.824. The number of piperidine rings is 1. The van der Waals surface area contributed by atoms with Crippen LogP contribution in [0.2, 0.25) is 0 Å². The highest BCUT2D eigenvalue weighted by molar-refractivity contribution is 5.55. The average Bonchev–Trinajstić information content (AvgIpc) is 2.38. The first-order chi connectivity index (χ1) is 9.54. The van der Waals surface area contributed by atoms with E-state index in [0.717, 1.165) is 18.4 Å². The van der Waals surface area contributed by atoms with Crippen LogP contribution >= 0.6 is 0 Å². The summed E-state index contributed by atoms with van der Waals surface area (Å²) >= 11 is 0. The van der Waals surface area contributed by atoms with Crippen molar-refractivity contribution in [2.75, 3.05) is 38.6 Å². The monoisotopic (exact) mass is 272 g/mol. The van der Waals surface area contributed by atoms with Crippen LogP contribution in [0.25, 0.3) is 6.08 Å². The summed E-state index contributed by atoms with van der Waals surface area (Å²) in [5.41, 5.74) is 2.54. The van der Waals surface area contributed by atoms with Gasteiger partial charge in [-0.1, -0.05) is 38.1 Å². The third-order valence-corrected chi connectivity index (χ3v) is 4.03. The van der Waals surface area contributed by atoms with E-state index in [-0.39, 0.29) is 0 Å². The number of hydrogen-bond acceptors (Lipinski definition) is 2. The van der Waals surface area contributed by atoms with Gasteiger partial charge in [0.1, 0.15) is 0 Å². The number of nitrogens with zero attached hydrogens (tertiary/aromatic N) is 2. The Labute approximate surface area is 124 Å². The molecule has 1 aliphatic rings. The van der Waals surface area contributed by atoms with Gasteiger partial charge in [0.05, 0.1) is 0 Å².